The zero-order chi connectivity index (χ0) is 7.15. The van der Waals surface area contributed by atoms with E-state index in [-0.39, 0.29) is 17.1 Å². The maximum absolute atomic E-state index is 7.53. The minimum absolute atomic E-state index is 0. The molecule has 0 bridgehead atoms. The van der Waals surface area contributed by atoms with Crippen molar-refractivity contribution in [2.75, 3.05) is 0 Å². The average molecular weight is 178 g/mol. The van der Waals surface area contributed by atoms with E-state index in [0.717, 1.165) is 0 Å². The Morgan fingerprint density at radius 3 is 0.778 bits per heavy atom. The van der Waals surface area contributed by atoms with Crippen LogP contribution in [0.2, 0.25) is 0 Å². The summed E-state index contributed by atoms with van der Waals surface area (Å²) < 4.78 is 0. The van der Waals surface area contributed by atoms with Gasteiger partial charge in [0.25, 0.3) is 0 Å². The van der Waals surface area contributed by atoms with E-state index in [9.17, 15) is 0 Å². The van der Waals surface area contributed by atoms with Crippen LogP contribution in [0.3, 0.4) is 0 Å². The molecule has 0 saturated heterocycles. The van der Waals surface area contributed by atoms with Gasteiger partial charge in [-0.2, -0.15) is 0 Å². The predicted octanol–water partition coefficient (Wildman–Crippen LogP) is 0.479. The van der Waals surface area contributed by atoms with Crippen LogP contribution in [-0.2, 0) is 17.1 Å². The molecule has 5 heteroatoms. The van der Waals surface area contributed by atoms with Crippen LogP contribution in [0.1, 0.15) is 13.8 Å². The molecule has 0 aliphatic carbocycles. The third-order valence-electron chi connectivity index (χ3n) is 0. The monoisotopic (exact) mass is 178 g/mol. The minimum atomic E-state index is -0.583. The Morgan fingerprint density at radius 2 is 0.778 bits per heavy atom. The van der Waals surface area contributed by atoms with Gasteiger partial charge in [0.2, 0.25) is 0 Å². The Bertz CT molecular complexity index is 28.0. The van der Waals surface area contributed by atoms with Gasteiger partial charge < -0.3 is 20.4 Å². The molecule has 0 aromatic rings. The molecule has 0 rings (SSSR count). The molecular formula is C4H10FeO4. The standard InChI is InChI=1S/2C2H5O2.Fe/c2*1-2(3)4;/h2*3-4H,1H3;/q2*-1;+2. The molecule has 58 valence electrons. The van der Waals surface area contributed by atoms with Gasteiger partial charge in [-0.3, -0.25) is 0 Å². The summed E-state index contributed by atoms with van der Waals surface area (Å²) in [5.41, 5.74) is 0. The molecule has 4 nitrogen and oxygen atoms in total. The fourth-order valence-corrected chi connectivity index (χ4v) is 0. The van der Waals surface area contributed by atoms with Crippen molar-refractivity contribution < 1.29 is 37.5 Å². The largest absolute Gasteiger partial charge is 2.00 e. The topological polar surface area (TPSA) is 80.9 Å². The second kappa shape index (κ2) is 11.2. The van der Waals surface area contributed by atoms with Crippen LogP contribution in [0.15, 0.2) is 0 Å². The van der Waals surface area contributed by atoms with Crippen LogP contribution >= 0.6 is 0 Å². The van der Waals surface area contributed by atoms with Crippen LogP contribution in [0.4, 0.5) is 0 Å². The van der Waals surface area contributed by atoms with Gasteiger partial charge in [-0.05, 0) is 0 Å². The van der Waals surface area contributed by atoms with E-state index < -0.39 is 12.6 Å². The maximum Gasteiger partial charge on any atom is 2.00 e. The molecule has 0 aromatic carbocycles. The van der Waals surface area contributed by atoms with Crippen molar-refractivity contribution in [1.29, 1.82) is 0 Å². The molecule has 0 saturated carbocycles. The summed E-state index contributed by atoms with van der Waals surface area (Å²) in [6, 6.07) is 0. The van der Waals surface area contributed by atoms with Crippen molar-refractivity contribution in [3.63, 3.8) is 0 Å². The summed E-state index contributed by atoms with van der Waals surface area (Å²) in [6.45, 7) is 2.39. The van der Waals surface area contributed by atoms with E-state index in [2.05, 4.69) is 0 Å². The first-order chi connectivity index (χ1) is 3.46. The maximum atomic E-state index is 7.53. The third-order valence-corrected chi connectivity index (χ3v) is 0. The predicted molar refractivity (Wildman–Crippen MR) is 25.6 cm³/mol. The van der Waals surface area contributed by atoms with Crippen molar-refractivity contribution >= 4 is 0 Å². The van der Waals surface area contributed by atoms with Gasteiger partial charge in [0.1, 0.15) is 0 Å². The summed E-state index contributed by atoms with van der Waals surface area (Å²) in [4.78, 5) is 0. The average Bonchev–Trinajstić information content (AvgIpc) is 1.25. The van der Waals surface area contributed by atoms with Gasteiger partial charge in [-0.1, -0.05) is 12.6 Å². The molecule has 9 heavy (non-hydrogen) atoms. The van der Waals surface area contributed by atoms with E-state index in [1.807, 2.05) is 0 Å². The van der Waals surface area contributed by atoms with Crippen molar-refractivity contribution in [3.05, 3.63) is 12.6 Å². The molecule has 0 aromatic heterocycles. The zero-order valence-corrected chi connectivity index (χ0v) is 6.25. The van der Waals surface area contributed by atoms with E-state index >= 15 is 0 Å². The number of aliphatic hydroxyl groups is 4. The molecule has 0 radical (unpaired) electrons. The fourth-order valence-electron chi connectivity index (χ4n) is 0. The van der Waals surface area contributed by atoms with E-state index in [1.54, 1.807) is 0 Å². The van der Waals surface area contributed by atoms with Gasteiger partial charge >= 0.3 is 17.1 Å². The van der Waals surface area contributed by atoms with Crippen LogP contribution < -0.4 is 0 Å². The molecule has 0 fully saturated rings. The molecule has 0 unspecified atom stereocenters. The third kappa shape index (κ3) is 2620. The molecule has 0 atom stereocenters. The Labute approximate surface area is 64.6 Å². The SMILES string of the molecule is C[C-](O)O.C[C-](O)O.[Fe+2]. The number of hydrogen-bond donors (Lipinski definition) is 4. The number of rotatable bonds is 0. The Morgan fingerprint density at radius 1 is 0.778 bits per heavy atom. The quantitative estimate of drug-likeness (QED) is 0.321. The Balaban J connectivity index is -0.0000000720. The van der Waals surface area contributed by atoms with E-state index in [1.165, 1.54) is 13.8 Å². The number of hydrogen-bond acceptors (Lipinski definition) is 4. The minimum Gasteiger partial charge on any atom is -0.536 e. The van der Waals surface area contributed by atoms with E-state index in [4.69, 9.17) is 20.4 Å². The first-order valence-electron chi connectivity index (χ1n) is 1.89. The Kier molecular flexibility index (Phi) is 20.1. The van der Waals surface area contributed by atoms with Gasteiger partial charge in [0.15, 0.2) is 0 Å². The Hall–Kier alpha value is 0.359. The molecule has 0 spiro atoms. The van der Waals surface area contributed by atoms with E-state index in [0.29, 0.717) is 0 Å². The summed E-state index contributed by atoms with van der Waals surface area (Å²) in [7, 11) is 0. The summed E-state index contributed by atoms with van der Waals surface area (Å²) in [5.74, 6) is 0. The van der Waals surface area contributed by atoms with Gasteiger partial charge in [-0.15, -0.1) is 13.8 Å². The summed E-state index contributed by atoms with van der Waals surface area (Å²) in [6.07, 6.45) is -1.17. The fraction of sp³-hybridized carbons (Fsp3) is 0.500. The molecular weight excluding hydrogens is 168 g/mol. The molecule has 0 aliphatic rings. The van der Waals surface area contributed by atoms with Crippen molar-refractivity contribution in [1.82, 2.24) is 0 Å². The van der Waals surface area contributed by atoms with Gasteiger partial charge in [0, 0.05) is 0 Å². The zero-order valence-electron chi connectivity index (χ0n) is 5.14. The van der Waals surface area contributed by atoms with Gasteiger partial charge in [-0.25, -0.2) is 0 Å². The normalized spacial score (nSPS) is 8.00. The van der Waals surface area contributed by atoms with Gasteiger partial charge in [0.05, 0.1) is 0 Å². The summed E-state index contributed by atoms with van der Waals surface area (Å²) >= 11 is 0. The summed E-state index contributed by atoms with van der Waals surface area (Å²) in [5, 5.41) is 30.1. The molecule has 0 amide bonds. The van der Waals surface area contributed by atoms with Crippen molar-refractivity contribution in [2.45, 2.75) is 13.8 Å². The van der Waals surface area contributed by atoms with Crippen molar-refractivity contribution in [3.8, 4) is 0 Å². The number of aliphatic hydroxyl groups excluding tert-OH is 2. The van der Waals surface area contributed by atoms with Crippen LogP contribution in [0, 0.1) is 12.6 Å². The second-order valence-corrected chi connectivity index (χ2v) is 1.09. The van der Waals surface area contributed by atoms with Crippen LogP contribution in [-0.4, -0.2) is 20.4 Å². The van der Waals surface area contributed by atoms with Crippen LogP contribution in [0.25, 0.3) is 0 Å². The first kappa shape index (κ1) is 16.2. The van der Waals surface area contributed by atoms with Crippen molar-refractivity contribution in [2.24, 2.45) is 0 Å². The molecule has 4 N–H and O–H groups in total. The smallest absolute Gasteiger partial charge is 0.536 e. The van der Waals surface area contributed by atoms with Crippen LogP contribution in [0.5, 0.6) is 0 Å². The molecule has 0 heterocycles. The first-order valence-corrected chi connectivity index (χ1v) is 1.89. The second-order valence-electron chi connectivity index (χ2n) is 1.09. The molecule has 0 aliphatic heterocycles.